The average Bonchev–Trinajstić information content (AvgIpc) is 1.94. The second-order valence-electron chi connectivity index (χ2n) is 1.45. The Kier molecular flexibility index (Phi) is 1.98. The van der Waals surface area contributed by atoms with E-state index in [1.54, 1.807) is 0 Å². The minimum atomic E-state index is -0.757. The van der Waals surface area contributed by atoms with E-state index in [1.807, 2.05) is 0 Å². The van der Waals surface area contributed by atoms with Crippen molar-refractivity contribution in [1.82, 2.24) is 9.97 Å². The molecular formula is C4H3ClFN3O. The van der Waals surface area contributed by atoms with Gasteiger partial charge >= 0.3 is 0 Å². The summed E-state index contributed by atoms with van der Waals surface area (Å²) in [5.41, 5.74) is 1.53. The van der Waals surface area contributed by atoms with Crippen LogP contribution in [0.5, 0.6) is 0 Å². The highest BCUT2D eigenvalue weighted by Crippen LogP contribution is 2.09. The Morgan fingerprint density at radius 1 is 1.70 bits per heavy atom. The summed E-state index contributed by atoms with van der Waals surface area (Å²) in [4.78, 5) is 6.62. The number of anilines is 1. The van der Waals surface area contributed by atoms with E-state index in [1.165, 1.54) is 5.48 Å². The highest BCUT2D eigenvalue weighted by atomic mass is 35.5. The first-order chi connectivity index (χ1) is 4.74. The zero-order chi connectivity index (χ0) is 7.56. The minimum absolute atomic E-state index is 0.127. The van der Waals surface area contributed by atoms with Crippen molar-refractivity contribution >= 4 is 17.4 Å². The molecule has 0 aromatic carbocycles. The molecule has 1 aromatic heterocycles. The molecule has 0 fully saturated rings. The summed E-state index contributed by atoms with van der Waals surface area (Å²) in [5, 5.41) is 8.08. The topological polar surface area (TPSA) is 58.0 Å². The fourth-order valence-corrected chi connectivity index (χ4v) is 0.557. The van der Waals surface area contributed by atoms with Crippen molar-refractivity contribution in [2.75, 3.05) is 5.48 Å². The first kappa shape index (κ1) is 7.17. The van der Waals surface area contributed by atoms with E-state index >= 15 is 0 Å². The second-order valence-corrected chi connectivity index (χ2v) is 1.79. The van der Waals surface area contributed by atoms with Crippen LogP contribution >= 0.6 is 11.6 Å². The first-order valence-corrected chi connectivity index (χ1v) is 2.70. The summed E-state index contributed by atoms with van der Waals surface area (Å²) in [5.74, 6) is -1.09. The minimum Gasteiger partial charge on any atom is -0.290 e. The number of hydrogen-bond donors (Lipinski definition) is 2. The molecule has 4 nitrogen and oxygen atoms in total. The van der Waals surface area contributed by atoms with E-state index < -0.39 is 5.82 Å². The van der Waals surface area contributed by atoms with E-state index in [0.29, 0.717) is 0 Å². The summed E-state index contributed by atoms with van der Waals surface area (Å²) >= 11 is 5.26. The van der Waals surface area contributed by atoms with Gasteiger partial charge in [0.25, 0.3) is 0 Å². The highest BCUT2D eigenvalue weighted by Gasteiger charge is 2.02. The van der Waals surface area contributed by atoms with E-state index in [0.717, 1.165) is 6.20 Å². The summed E-state index contributed by atoms with van der Waals surface area (Å²) in [7, 11) is 0. The SMILES string of the molecule is ONc1nc(Cl)ncc1F. The molecule has 0 saturated heterocycles. The Morgan fingerprint density at radius 3 is 2.90 bits per heavy atom. The van der Waals surface area contributed by atoms with E-state index in [-0.39, 0.29) is 11.1 Å². The maximum atomic E-state index is 12.4. The lowest BCUT2D eigenvalue weighted by molar-refractivity contribution is 0.380. The molecular weight excluding hydrogens is 161 g/mol. The van der Waals surface area contributed by atoms with Gasteiger partial charge in [0.2, 0.25) is 5.28 Å². The molecule has 2 N–H and O–H groups in total. The van der Waals surface area contributed by atoms with E-state index in [9.17, 15) is 4.39 Å². The van der Waals surface area contributed by atoms with Crippen molar-refractivity contribution in [1.29, 1.82) is 0 Å². The van der Waals surface area contributed by atoms with Gasteiger partial charge in [-0.25, -0.2) is 14.9 Å². The molecule has 0 atom stereocenters. The van der Waals surface area contributed by atoms with E-state index in [2.05, 4.69) is 9.97 Å². The zero-order valence-corrected chi connectivity index (χ0v) is 5.43. The van der Waals surface area contributed by atoms with Crippen LogP contribution in [0.4, 0.5) is 10.2 Å². The lowest BCUT2D eigenvalue weighted by atomic mass is 10.6. The Bertz CT molecular complexity index is 244. The normalized spacial score (nSPS) is 9.50. The molecule has 1 heterocycles. The molecule has 0 amide bonds. The quantitative estimate of drug-likeness (QED) is 0.480. The molecule has 0 bridgehead atoms. The van der Waals surface area contributed by atoms with Crippen LogP contribution < -0.4 is 5.48 Å². The molecule has 1 rings (SSSR count). The monoisotopic (exact) mass is 163 g/mol. The van der Waals surface area contributed by atoms with Crippen LogP contribution in [0.1, 0.15) is 0 Å². The Hall–Kier alpha value is -0.940. The van der Waals surface area contributed by atoms with Gasteiger partial charge in [-0.1, -0.05) is 0 Å². The number of hydrogen-bond acceptors (Lipinski definition) is 4. The fourth-order valence-electron chi connectivity index (χ4n) is 0.424. The molecule has 10 heavy (non-hydrogen) atoms. The summed E-state index contributed by atoms with van der Waals surface area (Å²) < 4.78 is 12.4. The van der Waals surface area contributed by atoms with Crippen LogP contribution in [0.2, 0.25) is 5.28 Å². The smallest absolute Gasteiger partial charge is 0.224 e. The van der Waals surface area contributed by atoms with Gasteiger partial charge in [-0.3, -0.25) is 5.21 Å². The van der Waals surface area contributed by atoms with Crippen LogP contribution in [-0.2, 0) is 0 Å². The molecule has 0 aliphatic heterocycles. The van der Waals surface area contributed by atoms with Crippen molar-refractivity contribution in [2.24, 2.45) is 0 Å². The summed E-state index contributed by atoms with van der Waals surface area (Å²) in [6.45, 7) is 0. The van der Waals surface area contributed by atoms with Crippen molar-refractivity contribution in [3.63, 3.8) is 0 Å². The third-order valence-corrected chi connectivity index (χ3v) is 1.00. The van der Waals surface area contributed by atoms with Gasteiger partial charge in [0.15, 0.2) is 11.6 Å². The maximum absolute atomic E-state index is 12.4. The van der Waals surface area contributed by atoms with Gasteiger partial charge < -0.3 is 0 Å². The van der Waals surface area contributed by atoms with E-state index in [4.69, 9.17) is 16.8 Å². The largest absolute Gasteiger partial charge is 0.290 e. The van der Waals surface area contributed by atoms with Gasteiger partial charge in [-0.15, -0.1) is 0 Å². The number of aromatic nitrogens is 2. The second kappa shape index (κ2) is 2.76. The van der Waals surface area contributed by atoms with Crippen molar-refractivity contribution in [3.05, 3.63) is 17.3 Å². The van der Waals surface area contributed by atoms with Gasteiger partial charge in [0, 0.05) is 0 Å². The number of rotatable bonds is 1. The predicted octanol–water partition coefficient (Wildman–Crippen LogP) is 1.07. The maximum Gasteiger partial charge on any atom is 0.224 e. The molecule has 54 valence electrons. The van der Waals surface area contributed by atoms with Crippen LogP contribution in [0.25, 0.3) is 0 Å². The molecule has 0 aliphatic rings. The Labute approximate surface area is 60.6 Å². The molecule has 6 heteroatoms. The van der Waals surface area contributed by atoms with Crippen LogP contribution in [0.15, 0.2) is 6.20 Å². The van der Waals surface area contributed by atoms with Crippen molar-refractivity contribution in [2.45, 2.75) is 0 Å². The van der Waals surface area contributed by atoms with Crippen LogP contribution in [0, 0.1) is 5.82 Å². The lowest BCUT2D eigenvalue weighted by Crippen LogP contribution is -1.98. The fraction of sp³-hybridized carbons (Fsp3) is 0. The number of halogens is 2. The lowest BCUT2D eigenvalue weighted by Gasteiger charge is -1.97. The third kappa shape index (κ3) is 1.31. The number of nitrogens with zero attached hydrogens (tertiary/aromatic N) is 2. The number of nitrogens with one attached hydrogen (secondary N) is 1. The van der Waals surface area contributed by atoms with Gasteiger partial charge in [-0.05, 0) is 11.6 Å². The van der Waals surface area contributed by atoms with Crippen molar-refractivity contribution in [3.8, 4) is 0 Å². The highest BCUT2D eigenvalue weighted by molar-refractivity contribution is 6.28. The average molecular weight is 164 g/mol. The van der Waals surface area contributed by atoms with Crippen molar-refractivity contribution < 1.29 is 9.60 Å². The predicted molar refractivity (Wildman–Crippen MR) is 32.4 cm³/mol. The molecule has 0 saturated carbocycles. The first-order valence-electron chi connectivity index (χ1n) is 2.32. The third-order valence-electron chi connectivity index (χ3n) is 0.821. The molecule has 0 radical (unpaired) electrons. The zero-order valence-electron chi connectivity index (χ0n) is 4.67. The molecule has 0 unspecified atom stereocenters. The Morgan fingerprint density at radius 2 is 2.40 bits per heavy atom. The van der Waals surface area contributed by atoms with Gasteiger partial charge in [-0.2, -0.15) is 4.98 Å². The summed E-state index contributed by atoms with van der Waals surface area (Å²) in [6.07, 6.45) is 0.855. The van der Waals surface area contributed by atoms with Crippen LogP contribution in [-0.4, -0.2) is 15.2 Å². The Balaban J connectivity index is 3.09. The van der Waals surface area contributed by atoms with Crippen LogP contribution in [0.3, 0.4) is 0 Å². The summed E-state index contributed by atoms with van der Waals surface area (Å²) in [6, 6.07) is 0. The van der Waals surface area contributed by atoms with Gasteiger partial charge in [0.05, 0.1) is 6.20 Å². The standard InChI is InChI=1S/C4H3ClFN3O/c5-4-7-1-2(6)3(8-4)9-10/h1,10H,(H,7,8,9). The molecule has 0 spiro atoms. The molecule has 1 aromatic rings. The molecule has 0 aliphatic carbocycles. The van der Waals surface area contributed by atoms with Gasteiger partial charge in [0.1, 0.15) is 0 Å².